The molecule has 1 saturated heterocycles. The number of hydrogen-bond donors (Lipinski definition) is 1. The first-order valence-electron chi connectivity index (χ1n) is 10.7. The van der Waals surface area contributed by atoms with Crippen molar-refractivity contribution >= 4 is 45.0 Å². The van der Waals surface area contributed by atoms with Gasteiger partial charge >= 0.3 is 0 Å². The van der Waals surface area contributed by atoms with Crippen LogP contribution >= 0.6 is 11.8 Å². The number of amides is 2. The van der Waals surface area contributed by atoms with Gasteiger partial charge in [0.2, 0.25) is 15.9 Å². The highest BCUT2D eigenvalue weighted by atomic mass is 32.2. The zero-order chi connectivity index (χ0) is 23.3. The van der Waals surface area contributed by atoms with Gasteiger partial charge in [0.05, 0.1) is 10.6 Å². The smallest absolute Gasteiger partial charge is 0.261 e. The Morgan fingerprint density at radius 3 is 2.56 bits per heavy atom. The first-order valence-corrected chi connectivity index (χ1v) is 12.9. The minimum Gasteiger partial charge on any atom is -0.323 e. The number of carbonyl (C=O) groups is 2. The van der Waals surface area contributed by atoms with Crippen LogP contribution in [0.15, 0.2) is 46.2 Å². The molecule has 0 aliphatic carbocycles. The molecule has 2 aromatic rings. The molecule has 1 atom stereocenters. The molecule has 2 aliphatic heterocycles. The van der Waals surface area contributed by atoms with E-state index in [2.05, 4.69) is 5.32 Å². The number of carbonyl (C=O) groups excluding carboxylic acids is 2. The van der Waals surface area contributed by atoms with Crippen molar-refractivity contribution in [1.82, 2.24) is 4.31 Å². The summed E-state index contributed by atoms with van der Waals surface area (Å²) < 4.78 is 27.6. The molecule has 4 rings (SSSR count). The predicted molar refractivity (Wildman–Crippen MR) is 126 cm³/mol. The van der Waals surface area contributed by atoms with E-state index >= 15 is 0 Å². The molecule has 32 heavy (non-hydrogen) atoms. The average molecular weight is 474 g/mol. The van der Waals surface area contributed by atoms with Crippen molar-refractivity contribution in [2.45, 2.75) is 55.2 Å². The Bertz CT molecular complexity index is 1210. The Kier molecular flexibility index (Phi) is 5.85. The number of nitrogens with zero attached hydrogens (tertiary/aromatic N) is 2. The summed E-state index contributed by atoms with van der Waals surface area (Å²) in [6.45, 7) is 8.00. The molecule has 0 radical (unpaired) electrons. The molecule has 0 aromatic heterocycles. The van der Waals surface area contributed by atoms with E-state index in [1.165, 1.54) is 22.1 Å². The zero-order valence-corrected chi connectivity index (χ0v) is 20.3. The topological polar surface area (TPSA) is 86.8 Å². The molecule has 2 amide bonds. The molecular weight excluding hydrogens is 446 g/mol. The van der Waals surface area contributed by atoms with Crippen molar-refractivity contribution in [3.63, 3.8) is 0 Å². The number of benzene rings is 2. The molecule has 2 heterocycles. The molecule has 0 bridgehead atoms. The van der Waals surface area contributed by atoms with Crippen LogP contribution in [0.2, 0.25) is 0 Å². The van der Waals surface area contributed by atoms with Crippen molar-refractivity contribution in [3.8, 4) is 0 Å². The van der Waals surface area contributed by atoms with Crippen molar-refractivity contribution in [2.24, 2.45) is 0 Å². The summed E-state index contributed by atoms with van der Waals surface area (Å²) >= 11 is 1.38. The van der Waals surface area contributed by atoms with Gasteiger partial charge in [-0.3, -0.25) is 14.5 Å². The highest BCUT2D eigenvalue weighted by Crippen LogP contribution is 2.56. The summed E-state index contributed by atoms with van der Waals surface area (Å²) in [5.74, 6) is -0.396. The normalized spacial score (nSPS) is 19.9. The minimum atomic E-state index is -3.68. The Labute approximate surface area is 193 Å². The van der Waals surface area contributed by atoms with Gasteiger partial charge in [-0.15, -0.1) is 0 Å². The van der Waals surface area contributed by atoms with Gasteiger partial charge in [0.15, 0.2) is 4.87 Å². The standard InChI is InChI=1S/C23H27N3O4S2/c1-5-25(6-2)32(29,30)17-13-15(3)16(4)18(14-17)24-22(28)23-12-11-21(27)26(23)19-9-7-8-10-20(19)31-23/h7-10,13-14H,5-6,11-12H2,1-4H3,(H,24,28). The monoisotopic (exact) mass is 473 g/mol. The summed E-state index contributed by atoms with van der Waals surface area (Å²) in [4.78, 5) is 27.9. The van der Waals surface area contributed by atoms with E-state index in [-0.39, 0.29) is 16.7 Å². The second-order valence-electron chi connectivity index (χ2n) is 8.04. The fraction of sp³-hybridized carbons (Fsp3) is 0.391. The van der Waals surface area contributed by atoms with Gasteiger partial charge < -0.3 is 5.32 Å². The largest absolute Gasteiger partial charge is 0.323 e. The van der Waals surface area contributed by atoms with E-state index in [1.807, 2.05) is 38.1 Å². The maximum atomic E-state index is 13.6. The van der Waals surface area contributed by atoms with Crippen LogP contribution in [0.25, 0.3) is 0 Å². The van der Waals surface area contributed by atoms with Crippen LogP contribution in [0.5, 0.6) is 0 Å². The Morgan fingerprint density at radius 1 is 1.19 bits per heavy atom. The van der Waals surface area contributed by atoms with Gasteiger partial charge in [-0.2, -0.15) is 4.31 Å². The number of aryl methyl sites for hydroxylation is 1. The number of nitrogens with one attached hydrogen (secondary N) is 1. The molecule has 170 valence electrons. The van der Waals surface area contributed by atoms with Crippen LogP contribution in [0.4, 0.5) is 11.4 Å². The predicted octanol–water partition coefficient (Wildman–Crippen LogP) is 3.90. The number of sulfonamides is 1. The van der Waals surface area contributed by atoms with E-state index in [1.54, 1.807) is 24.8 Å². The van der Waals surface area contributed by atoms with Crippen molar-refractivity contribution in [3.05, 3.63) is 47.5 Å². The van der Waals surface area contributed by atoms with Crippen molar-refractivity contribution < 1.29 is 18.0 Å². The first-order chi connectivity index (χ1) is 15.2. The lowest BCUT2D eigenvalue weighted by atomic mass is 10.1. The Morgan fingerprint density at radius 2 is 1.88 bits per heavy atom. The van der Waals surface area contributed by atoms with E-state index < -0.39 is 14.9 Å². The van der Waals surface area contributed by atoms with Gasteiger partial charge in [0.25, 0.3) is 5.91 Å². The van der Waals surface area contributed by atoms with Gasteiger partial charge in [0, 0.05) is 30.1 Å². The number of hydrogen-bond acceptors (Lipinski definition) is 5. The Hall–Kier alpha value is -2.36. The molecule has 1 unspecified atom stereocenters. The van der Waals surface area contributed by atoms with Gasteiger partial charge in [-0.05, 0) is 55.7 Å². The van der Waals surface area contributed by atoms with Gasteiger partial charge in [0.1, 0.15) is 0 Å². The fourth-order valence-corrected chi connectivity index (χ4v) is 7.32. The zero-order valence-electron chi connectivity index (χ0n) is 18.6. The quantitative estimate of drug-likeness (QED) is 0.688. The van der Waals surface area contributed by atoms with Crippen LogP contribution in [-0.4, -0.2) is 42.5 Å². The van der Waals surface area contributed by atoms with Crippen LogP contribution in [0, 0.1) is 13.8 Å². The summed E-state index contributed by atoms with van der Waals surface area (Å²) in [6, 6.07) is 10.7. The van der Waals surface area contributed by atoms with Crippen molar-refractivity contribution in [1.29, 1.82) is 0 Å². The van der Waals surface area contributed by atoms with Crippen LogP contribution in [0.3, 0.4) is 0 Å². The number of anilines is 2. The van der Waals surface area contributed by atoms with Crippen LogP contribution < -0.4 is 10.2 Å². The summed E-state index contributed by atoms with van der Waals surface area (Å²) in [5.41, 5.74) is 2.77. The maximum absolute atomic E-state index is 13.6. The Balaban J connectivity index is 1.72. The molecule has 9 heteroatoms. The molecular formula is C23H27N3O4S2. The molecule has 2 aromatic carbocycles. The molecule has 7 nitrogen and oxygen atoms in total. The summed E-state index contributed by atoms with van der Waals surface area (Å²) in [7, 11) is -3.68. The third-order valence-corrected chi connectivity index (χ3v) is 9.76. The molecule has 1 N–H and O–H groups in total. The number of fused-ring (bicyclic) bond motifs is 3. The van der Waals surface area contributed by atoms with E-state index in [4.69, 9.17) is 0 Å². The van der Waals surface area contributed by atoms with Crippen LogP contribution in [0.1, 0.15) is 37.8 Å². The van der Waals surface area contributed by atoms with Crippen LogP contribution in [-0.2, 0) is 19.6 Å². The third kappa shape index (κ3) is 3.43. The number of para-hydroxylation sites is 1. The molecule has 2 aliphatic rings. The van der Waals surface area contributed by atoms with Crippen molar-refractivity contribution in [2.75, 3.05) is 23.3 Å². The maximum Gasteiger partial charge on any atom is 0.261 e. The number of rotatable bonds is 6. The summed E-state index contributed by atoms with van der Waals surface area (Å²) in [6.07, 6.45) is 0.690. The average Bonchev–Trinajstić information content (AvgIpc) is 3.27. The van der Waals surface area contributed by atoms with E-state index in [0.29, 0.717) is 31.6 Å². The second-order valence-corrected chi connectivity index (χ2v) is 11.3. The SMILES string of the molecule is CCN(CC)S(=O)(=O)c1cc(C)c(C)c(NC(=O)C23CCC(=O)N2c2ccccc2S3)c1. The lowest BCUT2D eigenvalue weighted by Gasteiger charge is -2.30. The van der Waals surface area contributed by atoms with E-state index in [0.717, 1.165) is 21.7 Å². The van der Waals surface area contributed by atoms with Gasteiger partial charge in [-0.1, -0.05) is 37.7 Å². The van der Waals surface area contributed by atoms with Gasteiger partial charge in [-0.25, -0.2) is 8.42 Å². The fourth-order valence-electron chi connectivity index (χ4n) is 4.34. The molecule has 1 fully saturated rings. The lowest BCUT2D eigenvalue weighted by Crippen LogP contribution is -2.49. The highest BCUT2D eigenvalue weighted by molar-refractivity contribution is 8.02. The second kappa shape index (κ2) is 8.20. The number of thioether (sulfide) groups is 1. The first kappa shape index (κ1) is 22.8. The minimum absolute atomic E-state index is 0.0802. The highest BCUT2D eigenvalue weighted by Gasteiger charge is 2.57. The lowest BCUT2D eigenvalue weighted by molar-refractivity contribution is -0.121. The summed E-state index contributed by atoms with van der Waals surface area (Å²) in [5, 5.41) is 2.96. The molecule has 0 spiro atoms. The third-order valence-electron chi connectivity index (χ3n) is 6.26. The molecule has 0 saturated carbocycles. The van der Waals surface area contributed by atoms with E-state index in [9.17, 15) is 18.0 Å².